The van der Waals surface area contributed by atoms with Crippen molar-refractivity contribution in [2.75, 3.05) is 6.61 Å². The van der Waals surface area contributed by atoms with Crippen LogP contribution < -0.4 is 5.32 Å². The van der Waals surface area contributed by atoms with Crippen LogP contribution in [0, 0.1) is 17.5 Å². The minimum Gasteiger partial charge on any atom is -0.480 e. The summed E-state index contributed by atoms with van der Waals surface area (Å²) in [5, 5.41) is 11.6. The van der Waals surface area contributed by atoms with E-state index >= 15 is 0 Å². The maximum absolute atomic E-state index is 13.4. The molecule has 0 aliphatic heterocycles. The van der Waals surface area contributed by atoms with Gasteiger partial charge in [-0.15, -0.1) is 0 Å². The molecule has 0 saturated carbocycles. The highest BCUT2D eigenvalue weighted by Gasteiger charge is 2.30. The van der Waals surface area contributed by atoms with E-state index < -0.39 is 42.0 Å². The van der Waals surface area contributed by atoms with E-state index in [4.69, 9.17) is 4.74 Å². The van der Waals surface area contributed by atoms with Gasteiger partial charge >= 0.3 is 12.1 Å². The van der Waals surface area contributed by atoms with E-state index in [1.54, 1.807) is 0 Å². The Morgan fingerprint density at radius 1 is 0.938 bits per heavy atom. The molecule has 164 valence electrons. The fraction of sp³-hybridized carbons (Fsp3) is 0.167. The lowest BCUT2D eigenvalue weighted by molar-refractivity contribution is -0.139. The van der Waals surface area contributed by atoms with Crippen molar-refractivity contribution in [2.24, 2.45) is 0 Å². The summed E-state index contributed by atoms with van der Waals surface area (Å²) in [6.07, 6.45) is -1.43. The van der Waals surface area contributed by atoms with Crippen molar-refractivity contribution in [3.8, 4) is 11.1 Å². The van der Waals surface area contributed by atoms with Gasteiger partial charge in [0.05, 0.1) is 0 Å². The molecule has 32 heavy (non-hydrogen) atoms. The van der Waals surface area contributed by atoms with E-state index in [0.717, 1.165) is 22.3 Å². The summed E-state index contributed by atoms with van der Waals surface area (Å²) < 4.78 is 45.3. The number of fused-ring (bicyclic) bond motifs is 3. The van der Waals surface area contributed by atoms with E-state index in [9.17, 15) is 27.9 Å². The molecule has 0 radical (unpaired) electrons. The van der Waals surface area contributed by atoms with Gasteiger partial charge in [-0.1, -0.05) is 48.5 Å². The number of carboxylic acids is 1. The second kappa shape index (κ2) is 8.74. The number of amides is 1. The first-order valence-corrected chi connectivity index (χ1v) is 9.83. The van der Waals surface area contributed by atoms with Crippen molar-refractivity contribution < 1.29 is 32.6 Å². The normalized spacial score (nSPS) is 13.2. The molecule has 1 amide bonds. The quantitative estimate of drug-likeness (QED) is 0.547. The first-order valence-electron chi connectivity index (χ1n) is 9.83. The number of benzene rings is 3. The molecule has 3 aromatic rings. The number of carbonyl (C=O) groups is 2. The number of carboxylic acid groups (broad SMARTS) is 1. The molecule has 0 spiro atoms. The predicted octanol–water partition coefficient (Wildman–Crippen LogP) is 4.64. The summed E-state index contributed by atoms with van der Waals surface area (Å²) in [6.45, 7) is -0.0218. The van der Waals surface area contributed by atoms with Crippen molar-refractivity contribution in [1.82, 2.24) is 5.32 Å². The van der Waals surface area contributed by atoms with Gasteiger partial charge < -0.3 is 15.2 Å². The van der Waals surface area contributed by atoms with Crippen molar-refractivity contribution in [1.29, 1.82) is 0 Å². The number of rotatable bonds is 6. The monoisotopic (exact) mass is 441 g/mol. The van der Waals surface area contributed by atoms with Crippen LogP contribution in [0.1, 0.15) is 22.6 Å². The molecule has 2 N–H and O–H groups in total. The Hall–Kier alpha value is -3.81. The first kappa shape index (κ1) is 21.4. The predicted molar refractivity (Wildman–Crippen MR) is 110 cm³/mol. The summed E-state index contributed by atoms with van der Waals surface area (Å²) in [4.78, 5) is 23.8. The van der Waals surface area contributed by atoms with Gasteiger partial charge in [0.2, 0.25) is 0 Å². The molecule has 1 atom stereocenters. The molecule has 1 aliphatic rings. The van der Waals surface area contributed by atoms with E-state index in [2.05, 4.69) is 5.32 Å². The summed E-state index contributed by atoms with van der Waals surface area (Å²) >= 11 is 0. The fourth-order valence-corrected chi connectivity index (χ4v) is 3.94. The number of hydrogen-bond acceptors (Lipinski definition) is 3. The maximum Gasteiger partial charge on any atom is 0.407 e. The zero-order chi connectivity index (χ0) is 22.8. The third-order valence-electron chi connectivity index (χ3n) is 5.42. The molecule has 0 fully saturated rings. The fourth-order valence-electron chi connectivity index (χ4n) is 3.94. The average Bonchev–Trinajstić information content (AvgIpc) is 3.09. The highest BCUT2D eigenvalue weighted by molar-refractivity contribution is 5.81. The number of hydrogen-bond donors (Lipinski definition) is 2. The van der Waals surface area contributed by atoms with E-state index in [-0.39, 0.29) is 18.1 Å². The number of ether oxygens (including phenoxy) is 1. The van der Waals surface area contributed by atoms with Crippen LogP contribution in [0.25, 0.3) is 11.1 Å². The van der Waals surface area contributed by atoms with Crippen molar-refractivity contribution in [3.63, 3.8) is 0 Å². The van der Waals surface area contributed by atoms with Crippen LogP contribution in [0.4, 0.5) is 18.0 Å². The van der Waals surface area contributed by atoms with Crippen LogP contribution in [0.3, 0.4) is 0 Å². The lowest BCUT2D eigenvalue weighted by atomic mass is 9.98. The number of halogens is 3. The number of carbonyl (C=O) groups excluding carboxylic acids is 1. The Morgan fingerprint density at radius 2 is 1.47 bits per heavy atom. The Labute approximate surface area is 181 Å². The summed E-state index contributed by atoms with van der Waals surface area (Å²) in [6, 6.07) is 15.3. The summed E-state index contributed by atoms with van der Waals surface area (Å²) in [5.41, 5.74) is 3.96. The van der Waals surface area contributed by atoms with Gasteiger partial charge in [-0.25, -0.2) is 22.8 Å². The summed E-state index contributed by atoms with van der Waals surface area (Å²) in [7, 11) is 0. The van der Waals surface area contributed by atoms with Crippen molar-refractivity contribution in [3.05, 3.63) is 94.8 Å². The average molecular weight is 441 g/mol. The highest BCUT2D eigenvalue weighted by Crippen LogP contribution is 2.44. The largest absolute Gasteiger partial charge is 0.480 e. The molecule has 1 aliphatic carbocycles. The Bertz CT molecular complexity index is 1130. The first-order chi connectivity index (χ1) is 15.3. The van der Waals surface area contributed by atoms with E-state index in [0.29, 0.717) is 12.1 Å². The van der Waals surface area contributed by atoms with Gasteiger partial charge in [0.1, 0.15) is 12.6 Å². The van der Waals surface area contributed by atoms with Crippen molar-refractivity contribution >= 4 is 12.1 Å². The third-order valence-corrected chi connectivity index (χ3v) is 5.42. The van der Waals surface area contributed by atoms with Gasteiger partial charge in [-0.05, 0) is 39.9 Å². The Morgan fingerprint density at radius 3 is 2.00 bits per heavy atom. The molecule has 3 aromatic carbocycles. The second-order valence-electron chi connectivity index (χ2n) is 7.44. The van der Waals surface area contributed by atoms with Gasteiger partial charge in [0.25, 0.3) is 0 Å². The van der Waals surface area contributed by atoms with Crippen LogP contribution in [0.5, 0.6) is 0 Å². The molecular formula is C24H18F3NO4. The second-order valence-corrected chi connectivity index (χ2v) is 7.44. The molecule has 0 unspecified atom stereocenters. The molecule has 5 nitrogen and oxygen atoms in total. The molecule has 4 rings (SSSR count). The molecule has 0 bridgehead atoms. The molecule has 0 saturated heterocycles. The third kappa shape index (κ3) is 4.16. The molecule has 8 heteroatoms. The van der Waals surface area contributed by atoms with Crippen molar-refractivity contribution in [2.45, 2.75) is 18.4 Å². The SMILES string of the molecule is O=C(N[C@H](Cc1cc(F)c(F)c(F)c1)C(=O)O)OCC1c2ccccc2-c2ccccc21. The van der Waals surface area contributed by atoms with Gasteiger partial charge in [-0.2, -0.15) is 0 Å². The molecular weight excluding hydrogens is 423 g/mol. The topological polar surface area (TPSA) is 75.6 Å². The minimum atomic E-state index is -1.65. The molecule has 0 heterocycles. The standard InChI is InChI=1S/C24H18F3NO4/c25-19-9-13(10-20(26)22(19)27)11-21(23(29)30)28-24(31)32-12-18-16-7-3-1-5-14(16)15-6-2-4-8-17(15)18/h1-10,18,21H,11-12H2,(H,28,31)(H,29,30)/t21-/m1/s1. The Balaban J connectivity index is 1.44. The Kier molecular flexibility index (Phi) is 5.85. The van der Waals surface area contributed by atoms with Gasteiger partial charge in [-0.3, -0.25) is 0 Å². The van der Waals surface area contributed by atoms with Crippen LogP contribution in [0.2, 0.25) is 0 Å². The van der Waals surface area contributed by atoms with Crippen LogP contribution in [0.15, 0.2) is 60.7 Å². The van der Waals surface area contributed by atoms with Gasteiger partial charge in [0.15, 0.2) is 17.5 Å². The molecule has 0 aromatic heterocycles. The zero-order valence-corrected chi connectivity index (χ0v) is 16.6. The lowest BCUT2D eigenvalue weighted by Crippen LogP contribution is -2.43. The number of nitrogens with one attached hydrogen (secondary N) is 1. The smallest absolute Gasteiger partial charge is 0.407 e. The highest BCUT2D eigenvalue weighted by atomic mass is 19.2. The van der Waals surface area contributed by atoms with Crippen LogP contribution in [-0.4, -0.2) is 29.8 Å². The van der Waals surface area contributed by atoms with E-state index in [1.165, 1.54) is 0 Å². The number of alkyl carbamates (subject to hydrolysis) is 1. The maximum atomic E-state index is 13.4. The number of aliphatic carboxylic acids is 1. The lowest BCUT2D eigenvalue weighted by Gasteiger charge is -2.17. The summed E-state index contributed by atoms with van der Waals surface area (Å²) in [5.74, 6) is -6.17. The minimum absolute atomic E-state index is 0.0218. The van der Waals surface area contributed by atoms with E-state index in [1.807, 2.05) is 48.5 Å². The zero-order valence-electron chi connectivity index (χ0n) is 16.6. The van der Waals surface area contributed by atoms with Gasteiger partial charge in [0, 0.05) is 12.3 Å². The van der Waals surface area contributed by atoms with Crippen LogP contribution in [-0.2, 0) is 16.0 Å². The van der Waals surface area contributed by atoms with Crippen LogP contribution >= 0.6 is 0 Å².